The highest BCUT2D eigenvalue weighted by atomic mass is 16.7. The van der Waals surface area contributed by atoms with E-state index in [9.17, 15) is 19.8 Å². The van der Waals surface area contributed by atoms with Crippen molar-refractivity contribution in [3.8, 4) is 0 Å². The van der Waals surface area contributed by atoms with Crippen LogP contribution >= 0.6 is 0 Å². The largest absolute Gasteiger partial charge is 0.460 e. The van der Waals surface area contributed by atoms with Gasteiger partial charge in [-0.3, -0.25) is 9.59 Å². The van der Waals surface area contributed by atoms with Crippen molar-refractivity contribution in [2.45, 2.75) is 191 Å². The van der Waals surface area contributed by atoms with Gasteiger partial charge in [-0.2, -0.15) is 0 Å². The number of ether oxygens (including phenoxy) is 5. The summed E-state index contributed by atoms with van der Waals surface area (Å²) in [6.07, 6.45) is 11.9. The number of fused-ring (bicyclic) bond motifs is 6. The Hall–Kier alpha value is -2.04. The Bertz CT molecular complexity index is 1130. The number of aliphatic hydroxyl groups excluding tert-OH is 1. The van der Waals surface area contributed by atoms with E-state index in [1.54, 1.807) is 6.92 Å². The van der Waals surface area contributed by atoms with Crippen LogP contribution in [0.3, 0.4) is 0 Å². The molecular formula is C39H62O9. The maximum atomic E-state index is 13.0. The van der Waals surface area contributed by atoms with Gasteiger partial charge in [-0.15, -0.1) is 0 Å². The van der Waals surface area contributed by atoms with Gasteiger partial charge in [-0.25, -0.2) is 0 Å². The summed E-state index contributed by atoms with van der Waals surface area (Å²) in [7, 11) is 0. The Morgan fingerprint density at radius 2 is 1.65 bits per heavy atom. The van der Waals surface area contributed by atoms with Gasteiger partial charge < -0.3 is 33.9 Å². The highest BCUT2D eigenvalue weighted by molar-refractivity contribution is 5.70. The number of rotatable bonds is 8. The number of unbranched alkanes of at least 4 members (excludes halogenated alkanes) is 4. The number of carbonyl (C=O) groups excluding carboxylic acids is 2. The average Bonchev–Trinajstić information content (AvgIpc) is 3.00. The summed E-state index contributed by atoms with van der Waals surface area (Å²) in [6, 6.07) is 0. The number of hydrogen-bond donors (Lipinski definition) is 2. The molecule has 9 heteroatoms. The number of cyclic esters (lactones) is 1. The van der Waals surface area contributed by atoms with Crippen molar-refractivity contribution in [1.82, 2.24) is 0 Å². The summed E-state index contributed by atoms with van der Waals surface area (Å²) in [6.45, 7) is 16.1. The Morgan fingerprint density at radius 1 is 0.958 bits per heavy atom. The van der Waals surface area contributed by atoms with Gasteiger partial charge in [0.05, 0.1) is 36.6 Å². The van der Waals surface area contributed by atoms with E-state index in [4.69, 9.17) is 23.7 Å². The number of hydrogen-bond acceptors (Lipinski definition) is 9. The van der Waals surface area contributed by atoms with Crippen molar-refractivity contribution >= 4 is 11.9 Å². The Kier molecular flexibility index (Phi) is 14.3. The van der Waals surface area contributed by atoms with E-state index in [0.717, 1.165) is 62.5 Å². The lowest BCUT2D eigenvalue weighted by Crippen LogP contribution is -2.61. The van der Waals surface area contributed by atoms with Crippen LogP contribution < -0.4 is 0 Å². The standard InChI is InChI=1S/C39H62O9/c1-7-8-9-10-11-14-37(42)47-35-17-16-31-25-34(28(4)40)46-36(41)15-12-13-29-20-26(2)22-32(44-29)24-33-23-27(3)21-30(45-33)18-19-38(5,6)39(35,43)48-31/h18-19,28-35,40,43H,2-3,7-17,20-25H2,1,4-6H3/b19-18+/t28-,29-,30+,31+,32-,33+,34-,35+,39-/m1/s1. The number of aliphatic hydroxyl groups is 2. The second-order valence-corrected chi connectivity index (χ2v) is 15.4. The van der Waals surface area contributed by atoms with Crippen molar-refractivity contribution < 1.29 is 43.5 Å². The summed E-state index contributed by atoms with van der Waals surface area (Å²) in [5.74, 6) is -2.62. The van der Waals surface area contributed by atoms with Crippen LogP contribution in [0.5, 0.6) is 0 Å². The topological polar surface area (TPSA) is 121 Å². The first kappa shape index (κ1) is 38.8. The highest BCUT2D eigenvalue weighted by Gasteiger charge is 2.55. The Balaban J connectivity index is 1.58. The van der Waals surface area contributed by atoms with Gasteiger partial charge in [0.15, 0.2) is 6.10 Å². The molecule has 4 aliphatic rings. The lowest BCUT2D eigenvalue weighted by molar-refractivity contribution is -0.341. The van der Waals surface area contributed by atoms with Crippen LogP contribution in [0.1, 0.15) is 137 Å². The van der Waals surface area contributed by atoms with Crippen LogP contribution in [0.15, 0.2) is 36.5 Å². The molecule has 3 saturated heterocycles. The highest BCUT2D eigenvalue weighted by Crippen LogP contribution is 2.45. The molecule has 4 aliphatic heterocycles. The molecule has 0 aromatic heterocycles. The first-order chi connectivity index (χ1) is 22.8. The molecule has 3 fully saturated rings. The third-order valence-electron chi connectivity index (χ3n) is 10.5. The van der Waals surface area contributed by atoms with E-state index in [1.807, 2.05) is 26.0 Å². The van der Waals surface area contributed by atoms with E-state index in [1.165, 1.54) is 0 Å². The van der Waals surface area contributed by atoms with Crippen LogP contribution in [0.2, 0.25) is 0 Å². The molecule has 0 aromatic rings. The van der Waals surface area contributed by atoms with Crippen LogP contribution in [0.25, 0.3) is 0 Å². The molecule has 4 heterocycles. The third kappa shape index (κ3) is 11.0. The Morgan fingerprint density at radius 3 is 2.38 bits per heavy atom. The monoisotopic (exact) mass is 674 g/mol. The zero-order valence-corrected chi connectivity index (χ0v) is 30.0. The molecular weight excluding hydrogens is 612 g/mol. The normalized spacial score (nSPS) is 36.4. The zero-order chi connectivity index (χ0) is 34.9. The molecule has 9 atom stereocenters. The van der Waals surface area contributed by atoms with Crippen LogP contribution in [-0.4, -0.2) is 76.8 Å². The van der Waals surface area contributed by atoms with Gasteiger partial charge in [0.2, 0.25) is 5.79 Å². The van der Waals surface area contributed by atoms with Crippen LogP contribution in [-0.2, 0) is 33.3 Å². The van der Waals surface area contributed by atoms with E-state index in [-0.39, 0.29) is 55.6 Å². The van der Waals surface area contributed by atoms with Crippen molar-refractivity contribution in [1.29, 1.82) is 0 Å². The van der Waals surface area contributed by atoms with Crippen molar-refractivity contribution in [2.75, 3.05) is 0 Å². The molecule has 0 aromatic carbocycles. The molecule has 0 saturated carbocycles. The summed E-state index contributed by atoms with van der Waals surface area (Å²) in [5, 5.41) is 23.0. The second-order valence-electron chi connectivity index (χ2n) is 15.4. The Labute approximate surface area is 288 Å². The molecule has 0 aliphatic carbocycles. The molecule has 2 N–H and O–H groups in total. The fraction of sp³-hybridized carbons (Fsp3) is 0.795. The number of carbonyl (C=O) groups is 2. The minimum absolute atomic E-state index is 0.0121. The molecule has 9 nitrogen and oxygen atoms in total. The van der Waals surface area contributed by atoms with Gasteiger partial charge in [0.1, 0.15) is 6.10 Å². The fourth-order valence-corrected chi connectivity index (χ4v) is 7.64. The van der Waals surface area contributed by atoms with Gasteiger partial charge in [-0.05, 0) is 64.7 Å². The minimum atomic E-state index is -1.88. The average molecular weight is 675 g/mol. The molecule has 6 bridgehead atoms. The van der Waals surface area contributed by atoms with Gasteiger partial charge >= 0.3 is 11.9 Å². The van der Waals surface area contributed by atoms with E-state index >= 15 is 0 Å². The molecule has 48 heavy (non-hydrogen) atoms. The zero-order valence-electron chi connectivity index (χ0n) is 30.0. The summed E-state index contributed by atoms with van der Waals surface area (Å²) < 4.78 is 31.3. The van der Waals surface area contributed by atoms with Crippen molar-refractivity contribution in [2.24, 2.45) is 5.41 Å². The first-order valence-corrected chi connectivity index (χ1v) is 18.6. The molecule has 0 radical (unpaired) electrons. The predicted molar refractivity (Wildman–Crippen MR) is 184 cm³/mol. The first-order valence-electron chi connectivity index (χ1n) is 18.6. The van der Waals surface area contributed by atoms with Gasteiger partial charge in [-0.1, -0.05) is 82.9 Å². The minimum Gasteiger partial charge on any atom is -0.460 e. The summed E-state index contributed by atoms with van der Waals surface area (Å²) in [4.78, 5) is 26.0. The quantitative estimate of drug-likeness (QED) is 0.157. The van der Waals surface area contributed by atoms with Crippen LogP contribution in [0, 0.1) is 5.41 Å². The molecule has 0 spiro atoms. The molecule has 4 rings (SSSR count). The van der Waals surface area contributed by atoms with Crippen molar-refractivity contribution in [3.05, 3.63) is 36.5 Å². The number of esters is 2. The SMILES string of the molecule is C=C1C[C@H]2CCCC(=O)O[C@@H]([C@@H](C)O)C[C@@H]3CC[C@H](OC(=O)CCCCCCC)[C@@](O)(O3)C(C)(C)/C=C/[C@H]3CC(=C)C[C@@H](C[C@@H](C1)O2)O3. The smallest absolute Gasteiger partial charge is 0.306 e. The lowest BCUT2D eigenvalue weighted by atomic mass is 9.75. The maximum Gasteiger partial charge on any atom is 0.306 e. The third-order valence-corrected chi connectivity index (χ3v) is 10.5. The van der Waals surface area contributed by atoms with Gasteiger partial charge in [0, 0.05) is 31.1 Å². The predicted octanol–water partition coefficient (Wildman–Crippen LogP) is 7.17. The summed E-state index contributed by atoms with van der Waals surface area (Å²) >= 11 is 0. The summed E-state index contributed by atoms with van der Waals surface area (Å²) in [5.41, 5.74) is 1.24. The second kappa shape index (κ2) is 17.8. The van der Waals surface area contributed by atoms with E-state index in [0.29, 0.717) is 38.5 Å². The van der Waals surface area contributed by atoms with E-state index in [2.05, 4.69) is 20.1 Å². The maximum absolute atomic E-state index is 13.0. The lowest BCUT2D eigenvalue weighted by Gasteiger charge is -2.50. The van der Waals surface area contributed by atoms with Crippen molar-refractivity contribution in [3.63, 3.8) is 0 Å². The molecule has 0 amide bonds. The van der Waals surface area contributed by atoms with Gasteiger partial charge in [0.25, 0.3) is 0 Å². The molecule has 272 valence electrons. The van der Waals surface area contributed by atoms with E-state index < -0.39 is 35.6 Å². The van der Waals surface area contributed by atoms with Crippen LogP contribution in [0.4, 0.5) is 0 Å². The molecule has 0 unspecified atom stereocenters. The fourth-order valence-electron chi connectivity index (χ4n) is 7.64.